The molecule has 5 nitrogen and oxygen atoms in total. The van der Waals surface area contributed by atoms with Crippen molar-refractivity contribution in [2.45, 2.75) is 13.8 Å². The number of aromatic nitrogens is 1. The zero-order valence-electron chi connectivity index (χ0n) is 13.9. The van der Waals surface area contributed by atoms with Crippen LogP contribution in [0.2, 0.25) is 0 Å². The Morgan fingerprint density at radius 3 is 2.68 bits per heavy atom. The number of hydrogen-bond acceptors (Lipinski definition) is 5. The third kappa shape index (κ3) is 2.76. The first kappa shape index (κ1) is 17.0. The second kappa shape index (κ2) is 6.26. The van der Waals surface area contributed by atoms with Crippen molar-refractivity contribution in [1.29, 1.82) is 0 Å². The summed E-state index contributed by atoms with van der Waals surface area (Å²) in [4.78, 5) is 16.5. The molecule has 0 fully saturated rings. The summed E-state index contributed by atoms with van der Waals surface area (Å²) in [5, 5.41) is 4.84. The van der Waals surface area contributed by atoms with Gasteiger partial charge in [-0.05, 0) is 43.7 Å². The average Bonchev–Trinajstić information content (AvgIpc) is 2.55. The van der Waals surface area contributed by atoms with Gasteiger partial charge in [0.05, 0.1) is 0 Å². The molecule has 0 unspecified atom stereocenters. The minimum atomic E-state index is -0.0741. The van der Waals surface area contributed by atoms with E-state index in [0.29, 0.717) is 22.4 Å². The Kier molecular flexibility index (Phi) is 4.27. The topological polar surface area (TPSA) is 81.1 Å². The molecule has 4 rings (SSSR count). The maximum atomic E-state index is 11.8. The number of hydrogen-bond donors (Lipinski definition) is 2. The van der Waals surface area contributed by atoms with Crippen LogP contribution < -0.4 is 16.5 Å². The number of aryl methyl sites for hydroxylation is 1. The van der Waals surface area contributed by atoms with Crippen molar-refractivity contribution in [2.24, 2.45) is 0 Å². The quantitative estimate of drug-likeness (QED) is 0.319. The van der Waals surface area contributed by atoms with Crippen LogP contribution in [0.15, 0.2) is 45.6 Å². The van der Waals surface area contributed by atoms with Gasteiger partial charge in [0, 0.05) is 40.8 Å². The summed E-state index contributed by atoms with van der Waals surface area (Å²) in [5.74, 6) is 0. The van der Waals surface area contributed by atoms with Crippen molar-refractivity contribution < 1.29 is 4.42 Å². The van der Waals surface area contributed by atoms with E-state index in [4.69, 9.17) is 15.1 Å². The Balaban J connectivity index is 0.00000182. The van der Waals surface area contributed by atoms with E-state index in [2.05, 4.69) is 5.32 Å². The predicted octanol–water partition coefficient (Wildman–Crippen LogP) is 4.24. The molecule has 0 aliphatic carbocycles. The second-order valence-electron chi connectivity index (χ2n) is 5.90. The van der Waals surface area contributed by atoms with E-state index in [1.165, 1.54) is 6.07 Å². The third-order valence-corrected chi connectivity index (χ3v) is 4.20. The number of nitrogen functional groups attached to an aromatic ring is 1. The van der Waals surface area contributed by atoms with Gasteiger partial charge in [-0.25, -0.2) is 4.98 Å². The van der Waals surface area contributed by atoms with Gasteiger partial charge in [-0.3, -0.25) is 4.79 Å². The number of nitrogens with zero attached hydrogens (tertiary/aromatic N) is 1. The Morgan fingerprint density at radius 1 is 1.12 bits per heavy atom. The van der Waals surface area contributed by atoms with Crippen LogP contribution in [0, 0.1) is 6.92 Å². The van der Waals surface area contributed by atoms with E-state index in [-0.39, 0.29) is 17.8 Å². The van der Waals surface area contributed by atoms with Crippen LogP contribution >= 0.6 is 12.4 Å². The Bertz CT molecular complexity index is 1170. The number of rotatable bonds is 2. The van der Waals surface area contributed by atoms with E-state index in [0.717, 1.165) is 34.1 Å². The molecule has 0 saturated carbocycles. The van der Waals surface area contributed by atoms with Crippen molar-refractivity contribution in [3.63, 3.8) is 0 Å². The molecule has 0 atom stereocenters. The molecule has 1 aromatic heterocycles. The molecule has 1 heterocycles. The molecule has 0 bridgehead atoms. The number of fused-ring (bicyclic) bond motifs is 4. The lowest BCUT2D eigenvalue weighted by atomic mass is 10.1. The van der Waals surface area contributed by atoms with Gasteiger partial charge in [-0.2, -0.15) is 0 Å². The normalized spacial score (nSPS) is 11.0. The Hall–Kier alpha value is -2.79. The van der Waals surface area contributed by atoms with Gasteiger partial charge in [-0.15, -0.1) is 12.4 Å². The maximum absolute atomic E-state index is 11.8. The summed E-state index contributed by atoms with van der Waals surface area (Å²) < 4.78 is 6.03. The van der Waals surface area contributed by atoms with Gasteiger partial charge in [0.2, 0.25) is 0 Å². The van der Waals surface area contributed by atoms with E-state index >= 15 is 0 Å². The molecule has 0 aliphatic rings. The van der Waals surface area contributed by atoms with Crippen LogP contribution in [0.1, 0.15) is 12.5 Å². The number of benzene rings is 3. The van der Waals surface area contributed by atoms with Crippen LogP contribution in [-0.2, 0) is 0 Å². The van der Waals surface area contributed by atoms with E-state index < -0.39 is 0 Å². The fourth-order valence-corrected chi connectivity index (χ4v) is 3.05. The Morgan fingerprint density at radius 2 is 1.92 bits per heavy atom. The first-order chi connectivity index (χ1) is 11.6. The van der Waals surface area contributed by atoms with Crippen molar-refractivity contribution in [3.8, 4) is 0 Å². The van der Waals surface area contributed by atoms with Crippen LogP contribution in [0.5, 0.6) is 0 Å². The smallest absolute Gasteiger partial charge is 0.179 e. The van der Waals surface area contributed by atoms with Crippen LogP contribution in [0.3, 0.4) is 0 Å². The molecule has 0 spiro atoms. The zero-order valence-corrected chi connectivity index (χ0v) is 14.7. The van der Waals surface area contributed by atoms with Gasteiger partial charge in [0.25, 0.3) is 0 Å². The monoisotopic (exact) mass is 355 g/mol. The summed E-state index contributed by atoms with van der Waals surface area (Å²) >= 11 is 0. The second-order valence-corrected chi connectivity index (χ2v) is 5.90. The van der Waals surface area contributed by atoms with Crippen molar-refractivity contribution in [3.05, 3.63) is 52.2 Å². The lowest BCUT2D eigenvalue weighted by Crippen LogP contribution is -2.00. The van der Waals surface area contributed by atoms with Crippen LogP contribution in [-0.4, -0.2) is 11.5 Å². The average molecular weight is 356 g/mol. The summed E-state index contributed by atoms with van der Waals surface area (Å²) in [6.07, 6.45) is 0. The molecule has 6 heteroatoms. The van der Waals surface area contributed by atoms with Gasteiger partial charge < -0.3 is 15.5 Å². The number of nitrogens with one attached hydrogen (secondary N) is 1. The molecule has 128 valence electrons. The minimum absolute atomic E-state index is 0. The SMILES string of the molecule is CCNc1cc2oc3cc(N)c4ccc(=O)cc4c3nc2cc1C.Cl. The van der Waals surface area contributed by atoms with E-state index in [9.17, 15) is 4.79 Å². The molecule has 0 saturated heterocycles. The highest BCUT2D eigenvalue weighted by atomic mass is 35.5. The molecule has 0 radical (unpaired) electrons. The molecule has 25 heavy (non-hydrogen) atoms. The highest BCUT2D eigenvalue weighted by Crippen LogP contribution is 2.32. The highest BCUT2D eigenvalue weighted by molar-refractivity contribution is 6.10. The van der Waals surface area contributed by atoms with Crippen molar-refractivity contribution in [1.82, 2.24) is 4.98 Å². The Labute approximate surface area is 150 Å². The fourth-order valence-electron chi connectivity index (χ4n) is 3.05. The van der Waals surface area contributed by atoms with Crippen molar-refractivity contribution in [2.75, 3.05) is 17.6 Å². The summed E-state index contributed by atoms with van der Waals surface area (Å²) in [6, 6.07) is 10.5. The van der Waals surface area contributed by atoms with Gasteiger partial charge in [0.1, 0.15) is 11.0 Å². The molecule has 0 aliphatic heterocycles. The molecular formula is C19H18ClN3O2. The fraction of sp³-hybridized carbons (Fsp3) is 0.158. The summed E-state index contributed by atoms with van der Waals surface area (Å²) in [6.45, 7) is 4.91. The van der Waals surface area contributed by atoms with E-state index in [1.54, 1.807) is 18.2 Å². The zero-order chi connectivity index (χ0) is 16.8. The highest BCUT2D eigenvalue weighted by Gasteiger charge is 2.11. The summed E-state index contributed by atoms with van der Waals surface area (Å²) in [7, 11) is 0. The van der Waals surface area contributed by atoms with Gasteiger partial charge in [-0.1, -0.05) is 0 Å². The van der Waals surface area contributed by atoms with E-state index in [1.807, 2.05) is 26.0 Å². The predicted molar refractivity (Wildman–Crippen MR) is 106 cm³/mol. The lowest BCUT2D eigenvalue weighted by molar-refractivity contribution is 0.657. The largest absolute Gasteiger partial charge is 0.453 e. The lowest BCUT2D eigenvalue weighted by Gasteiger charge is -2.11. The molecule has 0 amide bonds. The molecule has 4 aromatic rings. The van der Waals surface area contributed by atoms with Crippen LogP contribution in [0.4, 0.5) is 11.4 Å². The maximum Gasteiger partial charge on any atom is 0.179 e. The van der Waals surface area contributed by atoms with Crippen LogP contribution in [0.25, 0.3) is 33.0 Å². The first-order valence-corrected chi connectivity index (χ1v) is 7.88. The third-order valence-electron chi connectivity index (χ3n) is 4.20. The van der Waals surface area contributed by atoms with Crippen molar-refractivity contribution >= 4 is 56.8 Å². The number of halogens is 1. The standard InChI is InChI=1S/C19H17N3O2.ClH/c1-3-21-15-9-17-16(6-10(15)2)22-19-13-7-11(23)4-5-12(13)14(20)8-18(19)24-17;/h4-9,21H,3,20H2,1-2H3;1H. The number of anilines is 2. The first-order valence-electron chi connectivity index (χ1n) is 7.88. The molecule has 3 N–H and O–H groups in total. The van der Waals surface area contributed by atoms with Gasteiger partial charge in [0.15, 0.2) is 16.6 Å². The summed E-state index contributed by atoms with van der Waals surface area (Å²) in [5.41, 5.74) is 11.4. The molecular weight excluding hydrogens is 338 g/mol. The van der Waals surface area contributed by atoms with Gasteiger partial charge >= 0.3 is 0 Å². The molecule has 3 aromatic carbocycles. The number of nitrogens with two attached hydrogens (primary N) is 1. The minimum Gasteiger partial charge on any atom is -0.453 e.